The number of carbonyl (C=O) groups excluding carboxylic acids is 1. The van der Waals surface area contributed by atoms with Crippen LogP contribution in [0.3, 0.4) is 0 Å². The van der Waals surface area contributed by atoms with Crippen molar-refractivity contribution in [2.24, 2.45) is 0 Å². The quantitative estimate of drug-likeness (QED) is 0.337. The fraction of sp³-hybridized carbons (Fsp3) is 0. The second kappa shape index (κ2) is 6.32. The average molecular weight is 367 g/mol. The summed E-state index contributed by atoms with van der Waals surface area (Å²) < 4.78 is 11.0. The molecule has 2 aromatic carbocycles. The van der Waals surface area contributed by atoms with Crippen LogP contribution in [0.25, 0.3) is 33.2 Å². The molecule has 0 radical (unpaired) electrons. The first-order chi connectivity index (χ1) is 13.7. The van der Waals surface area contributed by atoms with Crippen molar-refractivity contribution in [1.29, 1.82) is 0 Å². The molecule has 0 N–H and O–H groups in total. The molecule has 3 aromatic heterocycles. The van der Waals surface area contributed by atoms with Crippen LogP contribution in [0.2, 0.25) is 0 Å². The molecule has 5 heteroatoms. The van der Waals surface area contributed by atoms with E-state index in [9.17, 15) is 9.59 Å². The van der Waals surface area contributed by atoms with Gasteiger partial charge in [0.1, 0.15) is 16.7 Å². The van der Waals surface area contributed by atoms with Crippen molar-refractivity contribution in [3.63, 3.8) is 0 Å². The zero-order valence-electron chi connectivity index (χ0n) is 14.6. The lowest BCUT2D eigenvalue weighted by molar-refractivity contribution is 0.101. The van der Waals surface area contributed by atoms with Gasteiger partial charge in [-0.15, -0.1) is 0 Å². The standard InChI is InChI=1S/C23H13NO4/c25-22(21-13-15-5-1-2-7-19(15)27-21)17-11-16-9-8-14(12-20(16)28-23(17)26)18-6-3-4-10-24-18/h1-13H. The van der Waals surface area contributed by atoms with Gasteiger partial charge in [-0.1, -0.05) is 36.4 Å². The lowest BCUT2D eigenvalue weighted by atomic mass is 10.1. The van der Waals surface area contributed by atoms with Crippen LogP contribution in [0.5, 0.6) is 0 Å². The molecule has 5 aromatic rings. The molecule has 0 amide bonds. The summed E-state index contributed by atoms with van der Waals surface area (Å²) in [4.78, 5) is 29.6. The van der Waals surface area contributed by atoms with Crippen LogP contribution in [-0.4, -0.2) is 10.8 Å². The Morgan fingerprint density at radius 2 is 1.61 bits per heavy atom. The number of hydrogen-bond acceptors (Lipinski definition) is 5. The molecule has 0 atom stereocenters. The molecule has 134 valence electrons. The summed E-state index contributed by atoms with van der Waals surface area (Å²) in [5.74, 6) is -0.390. The van der Waals surface area contributed by atoms with Crippen molar-refractivity contribution >= 4 is 27.7 Å². The molecular weight excluding hydrogens is 354 g/mol. The summed E-state index contributed by atoms with van der Waals surface area (Å²) >= 11 is 0. The molecule has 0 aliphatic carbocycles. The van der Waals surface area contributed by atoms with E-state index in [1.54, 1.807) is 36.5 Å². The van der Waals surface area contributed by atoms with Crippen molar-refractivity contribution in [2.45, 2.75) is 0 Å². The Balaban J connectivity index is 1.59. The number of pyridine rings is 1. The highest BCUT2D eigenvalue weighted by molar-refractivity contribution is 6.09. The molecule has 5 rings (SSSR count). The van der Waals surface area contributed by atoms with Crippen LogP contribution in [-0.2, 0) is 0 Å². The molecule has 0 fully saturated rings. The Labute approximate surface area is 158 Å². The predicted molar refractivity (Wildman–Crippen MR) is 105 cm³/mol. The van der Waals surface area contributed by atoms with Gasteiger partial charge in [-0.2, -0.15) is 0 Å². The lowest BCUT2D eigenvalue weighted by Crippen LogP contribution is -2.14. The monoisotopic (exact) mass is 367 g/mol. The van der Waals surface area contributed by atoms with Gasteiger partial charge in [-0.3, -0.25) is 9.78 Å². The van der Waals surface area contributed by atoms with E-state index in [2.05, 4.69) is 4.98 Å². The number of carbonyl (C=O) groups is 1. The lowest BCUT2D eigenvalue weighted by Gasteiger charge is -2.04. The van der Waals surface area contributed by atoms with E-state index in [0.717, 1.165) is 16.6 Å². The molecule has 0 aliphatic heterocycles. The summed E-state index contributed by atoms with van der Waals surface area (Å²) in [6.07, 6.45) is 1.70. The normalized spacial score (nSPS) is 11.1. The van der Waals surface area contributed by atoms with Crippen LogP contribution in [0.4, 0.5) is 0 Å². The van der Waals surface area contributed by atoms with Gasteiger partial charge < -0.3 is 8.83 Å². The van der Waals surface area contributed by atoms with Crippen LogP contribution in [0.15, 0.2) is 92.6 Å². The van der Waals surface area contributed by atoms with Gasteiger partial charge in [-0.25, -0.2) is 4.79 Å². The number of aromatic nitrogens is 1. The van der Waals surface area contributed by atoms with Crippen LogP contribution < -0.4 is 5.63 Å². The highest BCUT2D eigenvalue weighted by Crippen LogP contribution is 2.24. The summed E-state index contributed by atoms with van der Waals surface area (Å²) in [6, 6.07) is 21.5. The molecule has 0 unspecified atom stereocenters. The number of para-hydroxylation sites is 1. The van der Waals surface area contributed by atoms with E-state index in [0.29, 0.717) is 16.6 Å². The first-order valence-electron chi connectivity index (χ1n) is 8.72. The van der Waals surface area contributed by atoms with Crippen molar-refractivity contribution in [3.05, 3.63) is 101 Å². The maximum Gasteiger partial charge on any atom is 0.347 e. The third kappa shape index (κ3) is 2.70. The van der Waals surface area contributed by atoms with E-state index in [4.69, 9.17) is 8.83 Å². The van der Waals surface area contributed by atoms with Crippen LogP contribution in [0, 0.1) is 0 Å². The highest BCUT2D eigenvalue weighted by Gasteiger charge is 2.20. The van der Waals surface area contributed by atoms with E-state index in [-0.39, 0.29) is 11.3 Å². The van der Waals surface area contributed by atoms with Gasteiger partial charge in [0.15, 0.2) is 5.76 Å². The third-order valence-electron chi connectivity index (χ3n) is 4.59. The SMILES string of the molecule is O=C(c1cc2ccccc2o1)c1cc2ccc(-c3ccccn3)cc2oc1=O. The minimum atomic E-state index is -0.698. The Morgan fingerprint density at radius 3 is 2.43 bits per heavy atom. The van der Waals surface area contributed by atoms with Gasteiger partial charge in [0.05, 0.1) is 5.69 Å². The largest absolute Gasteiger partial charge is 0.453 e. The Morgan fingerprint density at radius 1 is 0.786 bits per heavy atom. The Hall–Kier alpha value is -3.99. The molecule has 3 heterocycles. The zero-order chi connectivity index (χ0) is 19.1. The molecule has 0 bridgehead atoms. The number of hydrogen-bond donors (Lipinski definition) is 0. The number of nitrogens with zero attached hydrogens (tertiary/aromatic N) is 1. The summed E-state index contributed by atoms with van der Waals surface area (Å²) in [7, 11) is 0. The number of furan rings is 1. The van der Waals surface area contributed by atoms with E-state index < -0.39 is 11.4 Å². The van der Waals surface area contributed by atoms with Crippen molar-refractivity contribution < 1.29 is 13.6 Å². The molecule has 0 aliphatic rings. The fourth-order valence-corrected chi connectivity index (χ4v) is 3.19. The Bertz CT molecular complexity index is 1360. The first-order valence-corrected chi connectivity index (χ1v) is 8.72. The molecule has 0 saturated heterocycles. The minimum Gasteiger partial charge on any atom is -0.453 e. The molecule has 0 spiro atoms. The average Bonchev–Trinajstić information content (AvgIpc) is 3.17. The van der Waals surface area contributed by atoms with E-state index in [1.165, 1.54) is 0 Å². The number of fused-ring (bicyclic) bond motifs is 2. The maximum atomic E-state index is 12.8. The van der Waals surface area contributed by atoms with Crippen molar-refractivity contribution in [1.82, 2.24) is 4.98 Å². The second-order valence-electron chi connectivity index (χ2n) is 6.39. The molecular formula is C23H13NO4. The predicted octanol–water partition coefficient (Wildman–Crippen LogP) is 4.83. The molecule has 5 nitrogen and oxygen atoms in total. The minimum absolute atomic E-state index is 0.0582. The van der Waals surface area contributed by atoms with Crippen LogP contribution >= 0.6 is 0 Å². The molecule has 28 heavy (non-hydrogen) atoms. The highest BCUT2D eigenvalue weighted by atomic mass is 16.4. The summed E-state index contributed by atoms with van der Waals surface area (Å²) in [5, 5.41) is 1.45. The van der Waals surface area contributed by atoms with Crippen molar-refractivity contribution in [3.8, 4) is 11.3 Å². The second-order valence-corrected chi connectivity index (χ2v) is 6.39. The van der Waals surface area contributed by atoms with E-state index >= 15 is 0 Å². The number of rotatable bonds is 3. The van der Waals surface area contributed by atoms with Crippen molar-refractivity contribution in [2.75, 3.05) is 0 Å². The third-order valence-corrected chi connectivity index (χ3v) is 4.59. The summed E-state index contributed by atoms with van der Waals surface area (Å²) in [5.41, 5.74) is 1.83. The fourth-order valence-electron chi connectivity index (χ4n) is 3.19. The number of benzene rings is 2. The number of ketones is 1. The zero-order valence-corrected chi connectivity index (χ0v) is 14.6. The smallest absolute Gasteiger partial charge is 0.347 e. The Kier molecular flexibility index (Phi) is 3.66. The van der Waals surface area contributed by atoms with Gasteiger partial charge in [0.25, 0.3) is 0 Å². The topological polar surface area (TPSA) is 73.3 Å². The van der Waals surface area contributed by atoms with Gasteiger partial charge >= 0.3 is 5.63 Å². The molecule has 0 saturated carbocycles. The van der Waals surface area contributed by atoms with E-state index in [1.807, 2.05) is 42.5 Å². The maximum absolute atomic E-state index is 12.8. The van der Waals surface area contributed by atoms with Gasteiger partial charge in [-0.05, 0) is 36.4 Å². The van der Waals surface area contributed by atoms with Crippen LogP contribution in [0.1, 0.15) is 16.1 Å². The first kappa shape index (κ1) is 16.2. The summed E-state index contributed by atoms with van der Waals surface area (Å²) in [6.45, 7) is 0. The van der Waals surface area contributed by atoms with Gasteiger partial charge in [0, 0.05) is 22.5 Å². The van der Waals surface area contributed by atoms with Gasteiger partial charge in [0.2, 0.25) is 5.78 Å².